The van der Waals surface area contributed by atoms with Crippen LogP contribution in [0.3, 0.4) is 0 Å². The number of anilines is 1. The molecule has 0 aliphatic heterocycles. The summed E-state index contributed by atoms with van der Waals surface area (Å²) < 4.78 is 72.3. The Labute approximate surface area is 124 Å². The predicted molar refractivity (Wildman–Crippen MR) is 72.8 cm³/mol. The molecule has 0 aromatic heterocycles. The van der Waals surface area contributed by atoms with Crippen molar-refractivity contribution < 1.29 is 30.8 Å². The maximum Gasteiger partial charge on any atom is 0.419 e. The minimum atomic E-state index is -4.87. The minimum absolute atomic E-state index is 0.0340. The van der Waals surface area contributed by atoms with E-state index in [4.69, 9.17) is 0 Å². The number of halogens is 4. The van der Waals surface area contributed by atoms with Crippen LogP contribution < -0.4 is 10.6 Å². The highest BCUT2D eigenvalue weighted by molar-refractivity contribution is 7.90. The standard InChI is InChI=1S/C12H14F4N2O3S/c1-22(20,21)6-2-5-17-11(19)18-8-3-4-10(13)9(7-8)12(14,15)16/h3-4,7H,2,5-6H2,1H3,(H2,17,18,19). The second-order valence-corrected chi connectivity index (χ2v) is 6.82. The fourth-order valence-electron chi connectivity index (χ4n) is 1.53. The van der Waals surface area contributed by atoms with Crippen molar-refractivity contribution in [2.45, 2.75) is 12.6 Å². The van der Waals surface area contributed by atoms with Gasteiger partial charge in [0.05, 0.1) is 11.3 Å². The summed E-state index contributed by atoms with van der Waals surface area (Å²) in [6.45, 7) is 0.0340. The quantitative estimate of drug-likeness (QED) is 0.637. The Bertz CT molecular complexity index is 644. The fraction of sp³-hybridized carbons (Fsp3) is 0.417. The third kappa shape index (κ3) is 6.29. The highest BCUT2D eigenvalue weighted by atomic mass is 32.2. The van der Waals surface area contributed by atoms with Crippen molar-refractivity contribution in [2.24, 2.45) is 0 Å². The normalized spacial score (nSPS) is 12.0. The molecule has 0 spiro atoms. The van der Waals surface area contributed by atoms with Gasteiger partial charge in [-0.05, 0) is 24.6 Å². The zero-order valence-electron chi connectivity index (χ0n) is 11.5. The number of carbonyl (C=O) groups is 1. The number of urea groups is 1. The molecule has 2 N–H and O–H groups in total. The maximum atomic E-state index is 13.1. The van der Waals surface area contributed by atoms with Crippen molar-refractivity contribution in [3.63, 3.8) is 0 Å². The van der Waals surface area contributed by atoms with Gasteiger partial charge in [-0.1, -0.05) is 0 Å². The molecule has 0 atom stereocenters. The molecular formula is C12H14F4N2O3S. The topological polar surface area (TPSA) is 75.3 Å². The molecule has 0 radical (unpaired) electrons. The SMILES string of the molecule is CS(=O)(=O)CCCNC(=O)Nc1ccc(F)c(C(F)(F)F)c1. The number of hydrogen-bond acceptors (Lipinski definition) is 3. The lowest BCUT2D eigenvalue weighted by atomic mass is 10.2. The van der Waals surface area contributed by atoms with Crippen LogP contribution in [0.15, 0.2) is 18.2 Å². The number of benzene rings is 1. The Morgan fingerprint density at radius 1 is 1.27 bits per heavy atom. The Kier molecular flexibility index (Phi) is 5.75. The maximum absolute atomic E-state index is 13.1. The summed E-state index contributed by atoms with van der Waals surface area (Å²) in [6.07, 6.45) is -3.65. The molecule has 0 aliphatic carbocycles. The summed E-state index contributed by atoms with van der Waals surface area (Å²) in [7, 11) is -3.15. The van der Waals surface area contributed by atoms with Gasteiger partial charge in [0.25, 0.3) is 0 Å². The van der Waals surface area contributed by atoms with E-state index in [-0.39, 0.29) is 24.4 Å². The van der Waals surface area contributed by atoms with Gasteiger partial charge < -0.3 is 10.6 Å². The van der Waals surface area contributed by atoms with E-state index in [9.17, 15) is 30.8 Å². The molecule has 0 fully saturated rings. The first-order chi connectivity index (χ1) is 9.99. The van der Waals surface area contributed by atoms with Gasteiger partial charge in [-0.15, -0.1) is 0 Å². The average Bonchev–Trinajstić information content (AvgIpc) is 2.34. The lowest BCUT2D eigenvalue weighted by molar-refractivity contribution is -0.139. The molecule has 0 bridgehead atoms. The van der Waals surface area contributed by atoms with Crippen molar-refractivity contribution in [2.75, 3.05) is 23.9 Å². The number of rotatable bonds is 5. The number of hydrogen-bond donors (Lipinski definition) is 2. The molecule has 0 heterocycles. The smallest absolute Gasteiger partial charge is 0.338 e. The molecule has 2 amide bonds. The van der Waals surface area contributed by atoms with E-state index < -0.39 is 33.4 Å². The number of alkyl halides is 3. The van der Waals surface area contributed by atoms with Crippen molar-refractivity contribution in [1.82, 2.24) is 5.32 Å². The molecule has 0 saturated carbocycles. The first-order valence-corrected chi connectivity index (χ1v) is 8.14. The van der Waals surface area contributed by atoms with Gasteiger partial charge in [-0.25, -0.2) is 17.6 Å². The highest BCUT2D eigenvalue weighted by Crippen LogP contribution is 2.32. The van der Waals surface area contributed by atoms with Crippen LogP contribution in [0.1, 0.15) is 12.0 Å². The second kappa shape index (κ2) is 6.95. The Morgan fingerprint density at radius 2 is 1.91 bits per heavy atom. The highest BCUT2D eigenvalue weighted by Gasteiger charge is 2.34. The van der Waals surface area contributed by atoms with Crippen molar-refractivity contribution in [3.8, 4) is 0 Å². The third-order valence-corrected chi connectivity index (χ3v) is 3.54. The van der Waals surface area contributed by atoms with Gasteiger partial charge >= 0.3 is 12.2 Å². The monoisotopic (exact) mass is 342 g/mol. The van der Waals surface area contributed by atoms with Crippen LogP contribution in [0.5, 0.6) is 0 Å². The van der Waals surface area contributed by atoms with E-state index in [1.165, 1.54) is 0 Å². The van der Waals surface area contributed by atoms with Crippen molar-refractivity contribution in [1.29, 1.82) is 0 Å². The number of carbonyl (C=O) groups excluding carboxylic acids is 1. The first-order valence-electron chi connectivity index (χ1n) is 6.08. The molecule has 124 valence electrons. The largest absolute Gasteiger partial charge is 0.419 e. The van der Waals surface area contributed by atoms with Crippen LogP contribution in [0, 0.1) is 5.82 Å². The molecule has 10 heteroatoms. The van der Waals surface area contributed by atoms with Gasteiger partial charge in [-0.3, -0.25) is 0 Å². The van der Waals surface area contributed by atoms with Gasteiger partial charge in [0, 0.05) is 18.5 Å². The van der Waals surface area contributed by atoms with Gasteiger partial charge in [0.15, 0.2) is 0 Å². The van der Waals surface area contributed by atoms with Crippen LogP contribution in [-0.4, -0.2) is 33.0 Å². The Morgan fingerprint density at radius 3 is 2.45 bits per heavy atom. The molecule has 0 unspecified atom stereocenters. The van der Waals surface area contributed by atoms with E-state index in [1.54, 1.807) is 0 Å². The molecule has 0 aliphatic rings. The molecular weight excluding hydrogens is 328 g/mol. The van der Waals surface area contributed by atoms with E-state index in [2.05, 4.69) is 10.6 Å². The summed E-state index contributed by atoms with van der Waals surface area (Å²) in [4.78, 5) is 11.4. The first kappa shape index (κ1) is 18.2. The number of nitrogens with one attached hydrogen (secondary N) is 2. The lowest BCUT2D eigenvalue weighted by Crippen LogP contribution is -2.30. The predicted octanol–water partition coefficient (Wildman–Crippen LogP) is 2.40. The summed E-state index contributed by atoms with van der Waals surface area (Å²) >= 11 is 0. The summed E-state index contributed by atoms with van der Waals surface area (Å²) in [5, 5.41) is 4.40. The van der Waals surface area contributed by atoms with Gasteiger partial charge in [-0.2, -0.15) is 13.2 Å². The van der Waals surface area contributed by atoms with Crippen LogP contribution in [0.2, 0.25) is 0 Å². The van der Waals surface area contributed by atoms with Gasteiger partial charge in [0.2, 0.25) is 0 Å². The summed E-state index contributed by atoms with van der Waals surface area (Å²) in [5.74, 6) is -1.56. The van der Waals surface area contributed by atoms with Crippen molar-refractivity contribution in [3.05, 3.63) is 29.6 Å². The molecule has 0 saturated heterocycles. The molecule has 1 rings (SSSR count). The van der Waals surface area contributed by atoms with Crippen LogP contribution in [0.4, 0.5) is 28.0 Å². The van der Waals surface area contributed by atoms with Crippen LogP contribution in [0.25, 0.3) is 0 Å². The zero-order chi connectivity index (χ0) is 17.0. The average molecular weight is 342 g/mol. The molecule has 1 aromatic carbocycles. The Hall–Kier alpha value is -1.84. The molecule has 5 nitrogen and oxygen atoms in total. The summed E-state index contributed by atoms with van der Waals surface area (Å²) in [6, 6.07) is 1.25. The number of amides is 2. The number of sulfone groups is 1. The van der Waals surface area contributed by atoms with E-state index in [1.807, 2.05) is 0 Å². The van der Waals surface area contributed by atoms with Crippen LogP contribution in [-0.2, 0) is 16.0 Å². The van der Waals surface area contributed by atoms with E-state index in [0.717, 1.165) is 12.3 Å². The van der Waals surface area contributed by atoms with Crippen molar-refractivity contribution >= 4 is 21.6 Å². The Balaban J connectivity index is 2.58. The summed E-state index contributed by atoms with van der Waals surface area (Å²) in [5.41, 5.74) is -1.71. The minimum Gasteiger partial charge on any atom is -0.338 e. The van der Waals surface area contributed by atoms with E-state index >= 15 is 0 Å². The van der Waals surface area contributed by atoms with E-state index in [0.29, 0.717) is 12.1 Å². The second-order valence-electron chi connectivity index (χ2n) is 4.56. The van der Waals surface area contributed by atoms with Crippen LogP contribution >= 0.6 is 0 Å². The van der Waals surface area contributed by atoms with Gasteiger partial charge in [0.1, 0.15) is 15.7 Å². The molecule has 1 aromatic rings. The third-order valence-electron chi connectivity index (χ3n) is 2.51. The lowest BCUT2D eigenvalue weighted by Gasteiger charge is -2.11. The zero-order valence-corrected chi connectivity index (χ0v) is 12.3. The molecule has 22 heavy (non-hydrogen) atoms. The fourth-order valence-corrected chi connectivity index (χ4v) is 2.20.